The first-order valence-corrected chi connectivity index (χ1v) is 11.4. The third-order valence-corrected chi connectivity index (χ3v) is 7.37. The molecule has 2 aromatic rings. The predicted molar refractivity (Wildman–Crippen MR) is 115 cm³/mol. The summed E-state index contributed by atoms with van der Waals surface area (Å²) in [5.41, 5.74) is 4.17. The zero-order chi connectivity index (χ0) is 19.8. The SMILES string of the molecule is CN1C[C@H](COC(=O)[C@H]2CCCCCCN2)C[C@@H]2c3cccc4[nH]cc(c34)C[C@H]21. The molecule has 3 heterocycles. The number of piperidine rings is 1. The Hall–Kier alpha value is -1.85. The molecule has 5 heteroatoms. The summed E-state index contributed by atoms with van der Waals surface area (Å²) >= 11 is 0. The number of likely N-dealkylation sites (N-methyl/N-ethyl adjacent to an activating group) is 1. The molecule has 4 atom stereocenters. The van der Waals surface area contributed by atoms with Gasteiger partial charge in [-0.3, -0.25) is 4.79 Å². The number of hydrogen-bond acceptors (Lipinski definition) is 4. The zero-order valence-corrected chi connectivity index (χ0v) is 17.5. The molecule has 5 rings (SSSR count). The largest absolute Gasteiger partial charge is 0.464 e. The summed E-state index contributed by atoms with van der Waals surface area (Å²) in [4.78, 5) is 18.6. The number of nitrogens with one attached hydrogen (secondary N) is 2. The summed E-state index contributed by atoms with van der Waals surface area (Å²) < 4.78 is 5.84. The van der Waals surface area contributed by atoms with E-state index in [-0.39, 0.29) is 12.0 Å². The Kier molecular flexibility index (Phi) is 5.35. The normalized spacial score (nSPS) is 30.4. The molecule has 5 nitrogen and oxygen atoms in total. The number of fused-ring (bicyclic) bond motifs is 2. The molecule has 2 fully saturated rings. The fraction of sp³-hybridized carbons (Fsp3) is 0.625. The van der Waals surface area contributed by atoms with Gasteiger partial charge in [0.05, 0.1) is 6.61 Å². The van der Waals surface area contributed by atoms with Crippen molar-refractivity contribution in [3.63, 3.8) is 0 Å². The van der Waals surface area contributed by atoms with Crippen LogP contribution in [0, 0.1) is 5.92 Å². The van der Waals surface area contributed by atoms with Gasteiger partial charge in [0.1, 0.15) is 6.04 Å². The van der Waals surface area contributed by atoms with Crippen LogP contribution in [0.15, 0.2) is 24.4 Å². The van der Waals surface area contributed by atoms with E-state index in [0.717, 1.165) is 45.2 Å². The molecule has 2 aliphatic heterocycles. The second-order valence-corrected chi connectivity index (χ2v) is 9.34. The minimum atomic E-state index is -0.116. The van der Waals surface area contributed by atoms with E-state index in [0.29, 0.717) is 24.5 Å². The van der Waals surface area contributed by atoms with Crippen LogP contribution in [0.1, 0.15) is 55.6 Å². The molecular formula is C24H33N3O2. The van der Waals surface area contributed by atoms with Crippen LogP contribution in [0.2, 0.25) is 0 Å². The van der Waals surface area contributed by atoms with Crippen LogP contribution < -0.4 is 5.32 Å². The molecule has 0 radical (unpaired) electrons. The molecule has 3 aliphatic rings. The topological polar surface area (TPSA) is 57.4 Å². The maximum absolute atomic E-state index is 12.7. The molecule has 1 aromatic carbocycles. The number of likely N-dealkylation sites (tertiary alicyclic amines) is 1. The number of carbonyl (C=O) groups excluding carboxylic acids is 1. The number of esters is 1. The maximum Gasteiger partial charge on any atom is 0.323 e. The van der Waals surface area contributed by atoms with Crippen LogP contribution >= 0.6 is 0 Å². The summed E-state index contributed by atoms with van der Waals surface area (Å²) in [6.07, 6.45) is 10.1. The van der Waals surface area contributed by atoms with E-state index in [1.165, 1.54) is 34.9 Å². The van der Waals surface area contributed by atoms with Crippen LogP contribution in [0.5, 0.6) is 0 Å². The Bertz CT molecular complexity index is 868. The van der Waals surface area contributed by atoms with Crippen molar-refractivity contribution in [3.8, 4) is 0 Å². The lowest BCUT2D eigenvalue weighted by molar-refractivity contribution is -0.148. The summed E-state index contributed by atoms with van der Waals surface area (Å²) in [5.74, 6) is 0.869. The van der Waals surface area contributed by atoms with Crippen molar-refractivity contribution in [1.29, 1.82) is 0 Å². The van der Waals surface area contributed by atoms with Crippen molar-refractivity contribution in [2.24, 2.45) is 5.92 Å². The van der Waals surface area contributed by atoms with Gasteiger partial charge in [-0.1, -0.05) is 31.4 Å². The van der Waals surface area contributed by atoms with Gasteiger partial charge in [0, 0.05) is 41.5 Å². The van der Waals surface area contributed by atoms with Crippen LogP contribution in [0.4, 0.5) is 0 Å². The highest BCUT2D eigenvalue weighted by Gasteiger charge is 2.39. The molecule has 2 saturated heterocycles. The van der Waals surface area contributed by atoms with Crippen LogP contribution in [-0.4, -0.2) is 54.7 Å². The quantitative estimate of drug-likeness (QED) is 0.780. The minimum Gasteiger partial charge on any atom is -0.464 e. The van der Waals surface area contributed by atoms with Crippen molar-refractivity contribution >= 4 is 16.9 Å². The number of carbonyl (C=O) groups is 1. The second-order valence-electron chi connectivity index (χ2n) is 9.34. The molecule has 2 N–H and O–H groups in total. The second kappa shape index (κ2) is 8.11. The highest BCUT2D eigenvalue weighted by molar-refractivity contribution is 5.88. The smallest absolute Gasteiger partial charge is 0.323 e. The third kappa shape index (κ3) is 3.71. The monoisotopic (exact) mass is 395 g/mol. The van der Waals surface area contributed by atoms with Crippen molar-refractivity contribution in [2.75, 3.05) is 26.7 Å². The summed E-state index contributed by atoms with van der Waals surface area (Å²) in [6.45, 7) is 2.47. The van der Waals surface area contributed by atoms with Gasteiger partial charge in [0.2, 0.25) is 0 Å². The van der Waals surface area contributed by atoms with Gasteiger partial charge in [0.15, 0.2) is 0 Å². The molecule has 0 unspecified atom stereocenters. The standard InChI is InChI=1S/C24H33N3O2/c1-27-14-16(15-29-24(28)21-8-4-2-3-5-10-25-21)11-19-18-7-6-9-20-23(18)17(13-26-20)12-22(19)27/h6-7,9,13,16,19,21-22,25-26H,2-5,8,10-12,14-15H2,1H3/t16-,19-,21-,22-/m1/s1. The minimum absolute atomic E-state index is 0.0460. The Balaban J connectivity index is 1.26. The lowest BCUT2D eigenvalue weighted by atomic mass is 9.72. The molecule has 0 amide bonds. The number of aromatic amines is 1. The first-order chi connectivity index (χ1) is 14.2. The molecule has 1 aliphatic carbocycles. The Morgan fingerprint density at radius 2 is 2.14 bits per heavy atom. The van der Waals surface area contributed by atoms with E-state index in [9.17, 15) is 4.79 Å². The number of nitrogens with zero attached hydrogens (tertiary/aromatic N) is 1. The molecule has 0 saturated carbocycles. The van der Waals surface area contributed by atoms with Gasteiger partial charge in [-0.2, -0.15) is 0 Å². The number of aromatic nitrogens is 1. The number of H-pyrrole nitrogens is 1. The highest BCUT2D eigenvalue weighted by Crippen LogP contribution is 2.44. The molecule has 156 valence electrons. The zero-order valence-electron chi connectivity index (χ0n) is 17.5. The molecule has 0 spiro atoms. The number of benzene rings is 1. The summed E-state index contributed by atoms with van der Waals surface area (Å²) in [6, 6.07) is 7.08. The number of hydrogen-bond donors (Lipinski definition) is 2. The first-order valence-electron chi connectivity index (χ1n) is 11.4. The van der Waals surface area contributed by atoms with Crippen molar-refractivity contribution in [1.82, 2.24) is 15.2 Å². The average Bonchev–Trinajstić information content (AvgIpc) is 3.11. The lowest BCUT2D eigenvalue weighted by Gasteiger charge is -2.45. The van der Waals surface area contributed by atoms with E-state index < -0.39 is 0 Å². The van der Waals surface area contributed by atoms with E-state index in [2.05, 4.69) is 46.6 Å². The van der Waals surface area contributed by atoms with Crippen molar-refractivity contribution in [3.05, 3.63) is 35.5 Å². The van der Waals surface area contributed by atoms with Gasteiger partial charge >= 0.3 is 5.97 Å². The Labute approximate surface area is 173 Å². The van der Waals surface area contributed by atoms with Crippen LogP contribution in [0.3, 0.4) is 0 Å². The first kappa shape index (κ1) is 19.1. The fourth-order valence-corrected chi connectivity index (χ4v) is 5.88. The van der Waals surface area contributed by atoms with Crippen LogP contribution in [0.25, 0.3) is 10.9 Å². The van der Waals surface area contributed by atoms with Gasteiger partial charge in [-0.05, 0) is 56.5 Å². The number of rotatable bonds is 3. The van der Waals surface area contributed by atoms with Crippen molar-refractivity contribution in [2.45, 2.75) is 62.9 Å². The third-order valence-electron chi connectivity index (χ3n) is 7.37. The lowest BCUT2D eigenvalue weighted by Crippen LogP contribution is -2.49. The maximum atomic E-state index is 12.7. The Morgan fingerprint density at radius 3 is 3.07 bits per heavy atom. The molecule has 29 heavy (non-hydrogen) atoms. The molecule has 0 bridgehead atoms. The van der Waals surface area contributed by atoms with Gasteiger partial charge in [-0.25, -0.2) is 0 Å². The van der Waals surface area contributed by atoms with E-state index >= 15 is 0 Å². The van der Waals surface area contributed by atoms with E-state index in [1.54, 1.807) is 0 Å². The number of ether oxygens (including phenoxy) is 1. The van der Waals surface area contributed by atoms with Gasteiger partial charge in [0.25, 0.3) is 0 Å². The average molecular weight is 396 g/mol. The molecular weight excluding hydrogens is 362 g/mol. The molecule has 1 aromatic heterocycles. The van der Waals surface area contributed by atoms with E-state index in [4.69, 9.17) is 4.74 Å². The highest BCUT2D eigenvalue weighted by atomic mass is 16.5. The van der Waals surface area contributed by atoms with Gasteiger partial charge < -0.3 is 19.9 Å². The predicted octanol–water partition coefficient (Wildman–Crippen LogP) is 3.59. The van der Waals surface area contributed by atoms with Gasteiger partial charge in [-0.15, -0.1) is 0 Å². The summed E-state index contributed by atoms with van der Waals surface area (Å²) in [5, 5.41) is 4.83. The van der Waals surface area contributed by atoms with Crippen LogP contribution in [-0.2, 0) is 16.0 Å². The fourth-order valence-electron chi connectivity index (χ4n) is 5.88. The summed E-state index contributed by atoms with van der Waals surface area (Å²) in [7, 11) is 2.24. The van der Waals surface area contributed by atoms with E-state index in [1.807, 2.05) is 0 Å². The van der Waals surface area contributed by atoms with Crippen molar-refractivity contribution < 1.29 is 9.53 Å². The Morgan fingerprint density at radius 1 is 1.24 bits per heavy atom.